The molecular weight excluding hydrogens is 450 g/mol. The Morgan fingerprint density at radius 3 is 2.53 bits per heavy atom. The van der Waals surface area contributed by atoms with E-state index in [-0.39, 0.29) is 36.0 Å². The highest BCUT2D eigenvalue weighted by Gasteiger charge is 2.33. The average Bonchev–Trinajstić information content (AvgIpc) is 3.26. The van der Waals surface area contributed by atoms with E-state index in [1.54, 1.807) is 19.0 Å². The number of carbonyl (C=O) groups excluding carboxylic acids is 3. The lowest BCUT2D eigenvalue weighted by Gasteiger charge is -2.30. The number of thiocarbonyl (C=S) groups is 1. The Kier molecular flexibility index (Phi) is 12.0. The molecule has 1 fully saturated rings. The van der Waals surface area contributed by atoms with E-state index in [1.165, 1.54) is 0 Å². The van der Waals surface area contributed by atoms with E-state index >= 15 is 0 Å². The molecule has 1 heterocycles. The van der Waals surface area contributed by atoms with E-state index in [0.29, 0.717) is 24.5 Å². The number of benzene rings is 1. The van der Waals surface area contributed by atoms with Gasteiger partial charge in [-0.1, -0.05) is 30.3 Å². The summed E-state index contributed by atoms with van der Waals surface area (Å²) >= 11 is 5.19. The highest BCUT2D eigenvalue weighted by atomic mass is 32.1. The van der Waals surface area contributed by atoms with Gasteiger partial charge in [0.05, 0.1) is 12.1 Å². The highest BCUT2D eigenvalue weighted by Crippen LogP contribution is 2.27. The Morgan fingerprint density at radius 2 is 1.91 bits per heavy atom. The van der Waals surface area contributed by atoms with Gasteiger partial charge in [-0.3, -0.25) is 9.59 Å². The molecule has 2 amide bonds. The summed E-state index contributed by atoms with van der Waals surface area (Å²) in [6.45, 7) is 2.72. The third-order valence-electron chi connectivity index (χ3n) is 6.80. The van der Waals surface area contributed by atoms with Crippen molar-refractivity contribution in [3.05, 3.63) is 35.9 Å². The van der Waals surface area contributed by atoms with Gasteiger partial charge in [0.15, 0.2) is 5.11 Å². The van der Waals surface area contributed by atoms with Gasteiger partial charge in [-0.2, -0.15) is 0 Å². The second kappa shape index (κ2) is 14.7. The van der Waals surface area contributed by atoms with Crippen LogP contribution < -0.4 is 21.3 Å². The van der Waals surface area contributed by atoms with E-state index < -0.39 is 0 Å². The Hall–Kier alpha value is -2.52. The summed E-state index contributed by atoms with van der Waals surface area (Å²) in [4.78, 5) is 37.5. The van der Waals surface area contributed by atoms with E-state index in [4.69, 9.17) is 12.2 Å². The molecule has 0 aliphatic carbocycles. The summed E-state index contributed by atoms with van der Waals surface area (Å²) in [7, 11) is 3.58. The number of rotatable bonds is 14. The number of amides is 2. The summed E-state index contributed by atoms with van der Waals surface area (Å²) in [5.74, 6) is 0.160. The molecule has 0 bridgehead atoms. The molecular formula is C25H39N5O3S. The number of carbonyl (C=O) groups is 3. The third kappa shape index (κ3) is 8.36. The van der Waals surface area contributed by atoms with Crippen molar-refractivity contribution >= 4 is 35.9 Å². The number of hydrogen-bond acceptors (Lipinski definition) is 5. The van der Waals surface area contributed by atoms with Crippen LogP contribution in [0.1, 0.15) is 44.6 Å². The summed E-state index contributed by atoms with van der Waals surface area (Å²) in [6.07, 6.45) is 6.26. The van der Waals surface area contributed by atoms with E-state index in [2.05, 4.69) is 21.3 Å². The largest absolute Gasteiger partial charge is 0.366 e. The SMILES string of the molecule is CNC(=S)NCCC(CCC1CCC(C=O)N1C=O)C(C)NC(=O)C(Cc1ccccc1)NC. The maximum absolute atomic E-state index is 13.0. The zero-order chi connectivity index (χ0) is 24.9. The summed E-state index contributed by atoms with van der Waals surface area (Å²) in [6, 6.07) is 9.32. The van der Waals surface area contributed by atoms with E-state index in [0.717, 1.165) is 43.9 Å². The van der Waals surface area contributed by atoms with Gasteiger partial charge in [0, 0.05) is 25.7 Å². The molecule has 0 aromatic heterocycles. The van der Waals surface area contributed by atoms with Crippen molar-refractivity contribution < 1.29 is 14.4 Å². The molecule has 1 aliphatic rings. The molecule has 1 aliphatic heterocycles. The fraction of sp³-hybridized carbons (Fsp3) is 0.600. The van der Waals surface area contributed by atoms with E-state index in [1.807, 2.05) is 37.3 Å². The van der Waals surface area contributed by atoms with Crippen LogP contribution in [-0.2, 0) is 20.8 Å². The van der Waals surface area contributed by atoms with Crippen molar-refractivity contribution in [2.24, 2.45) is 5.92 Å². The van der Waals surface area contributed by atoms with Crippen LogP contribution in [-0.4, -0.2) is 73.4 Å². The summed E-state index contributed by atoms with van der Waals surface area (Å²) in [5, 5.41) is 13.0. The number of nitrogens with zero attached hydrogens (tertiary/aromatic N) is 1. The molecule has 34 heavy (non-hydrogen) atoms. The molecule has 0 radical (unpaired) electrons. The first-order chi connectivity index (χ1) is 16.4. The lowest BCUT2D eigenvalue weighted by atomic mass is 9.89. The number of likely N-dealkylation sites (N-methyl/N-ethyl adjacent to an activating group) is 1. The zero-order valence-corrected chi connectivity index (χ0v) is 21.3. The molecule has 5 atom stereocenters. The van der Waals surface area contributed by atoms with Gasteiger partial charge in [0.1, 0.15) is 6.29 Å². The van der Waals surface area contributed by atoms with Crippen LogP contribution in [0.4, 0.5) is 0 Å². The van der Waals surface area contributed by atoms with Crippen LogP contribution >= 0.6 is 12.2 Å². The van der Waals surface area contributed by atoms with Crippen molar-refractivity contribution in [3.8, 4) is 0 Å². The predicted molar refractivity (Wildman–Crippen MR) is 138 cm³/mol. The Morgan fingerprint density at radius 1 is 1.18 bits per heavy atom. The lowest BCUT2D eigenvalue weighted by molar-refractivity contribution is -0.125. The van der Waals surface area contributed by atoms with Crippen molar-refractivity contribution in [2.75, 3.05) is 20.6 Å². The van der Waals surface area contributed by atoms with Gasteiger partial charge in [0.2, 0.25) is 12.3 Å². The first kappa shape index (κ1) is 27.7. The smallest absolute Gasteiger partial charge is 0.237 e. The predicted octanol–water partition coefficient (Wildman–Crippen LogP) is 1.39. The normalized spacial score (nSPS) is 20.1. The molecule has 1 saturated heterocycles. The number of aldehydes is 1. The fourth-order valence-corrected chi connectivity index (χ4v) is 4.76. The molecule has 0 saturated carbocycles. The van der Waals surface area contributed by atoms with Gasteiger partial charge in [0.25, 0.3) is 0 Å². The Labute approximate surface area is 208 Å². The minimum atomic E-state index is -0.325. The minimum Gasteiger partial charge on any atom is -0.366 e. The van der Waals surface area contributed by atoms with Gasteiger partial charge < -0.3 is 31.0 Å². The standard InChI is InChI=1S/C25H39N5O3S/c1-18(29-24(33)23(26-2)15-19-7-5-4-6-8-19)20(13-14-28-25(34)27-3)9-10-21-11-12-22(16-31)30(21)17-32/h4-8,16-18,20-23,26H,9-15H2,1-3H3,(H,29,33)(H2,27,28,34). The fourth-order valence-electron chi connectivity index (χ4n) is 4.66. The quantitative estimate of drug-likeness (QED) is 0.231. The van der Waals surface area contributed by atoms with E-state index in [9.17, 15) is 14.4 Å². The number of nitrogens with one attached hydrogen (secondary N) is 4. The second-order valence-electron chi connectivity index (χ2n) is 8.95. The molecule has 4 N–H and O–H groups in total. The lowest BCUT2D eigenvalue weighted by Crippen LogP contribution is -2.49. The van der Waals surface area contributed by atoms with Crippen molar-refractivity contribution in [1.29, 1.82) is 0 Å². The molecule has 5 unspecified atom stereocenters. The molecule has 9 heteroatoms. The monoisotopic (exact) mass is 489 g/mol. The van der Waals surface area contributed by atoms with Gasteiger partial charge in [-0.05, 0) is 76.2 Å². The zero-order valence-electron chi connectivity index (χ0n) is 20.5. The third-order valence-corrected chi connectivity index (χ3v) is 7.15. The van der Waals surface area contributed by atoms with Crippen molar-refractivity contribution in [2.45, 2.75) is 69.6 Å². The van der Waals surface area contributed by atoms with Gasteiger partial charge >= 0.3 is 0 Å². The summed E-state index contributed by atoms with van der Waals surface area (Å²) < 4.78 is 0. The van der Waals surface area contributed by atoms with Gasteiger partial charge in [-0.15, -0.1) is 0 Å². The molecule has 2 rings (SSSR count). The van der Waals surface area contributed by atoms with Crippen LogP contribution in [0.25, 0.3) is 0 Å². The first-order valence-corrected chi connectivity index (χ1v) is 12.5. The van der Waals surface area contributed by atoms with Gasteiger partial charge in [-0.25, -0.2) is 0 Å². The van der Waals surface area contributed by atoms with Crippen molar-refractivity contribution in [3.63, 3.8) is 0 Å². The van der Waals surface area contributed by atoms with Crippen LogP contribution in [0, 0.1) is 5.92 Å². The molecule has 0 spiro atoms. The Balaban J connectivity index is 1.99. The Bertz CT molecular complexity index is 794. The molecule has 8 nitrogen and oxygen atoms in total. The second-order valence-corrected chi connectivity index (χ2v) is 9.36. The van der Waals surface area contributed by atoms with Crippen LogP contribution in [0.5, 0.6) is 0 Å². The van der Waals surface area contributed by atoms with Crippen LogP contribution in [0.2, 0.25) is 0 Å². The maximum atomic E-state index is 13.0. The summed E-state index contributed by atoms with van der Waals surface area (Å²) in [5.41, 5.74) is 1.10. The van der Waals surface area contributed by atoms with Crippen molar-refractivity contribution in [1.82, 2.24) is 26.2 Å². The average molecular weight is 490 g/mol. The minimum absolute atomic E-state index is 0.0287. The molecule has 1 aromatic rings. The number of likely N-dealkylation sites (tertiary alicyclic amines) is 1. The highest BCUT2D eigenvalue weighted by molar-refractivity contribution is 7.80. The van der Waals surface area contributed by atoms with Crippen LogP contribution in [0.15, 0.2) is 30.3 Å². The number of hydrogen-bond donors (Lipinski definition) is 4. The van der Waals surface area contributed by atoms with Crippen LogP contribution in [0.3, 0.4) is 0 Å². The topological polar surface area (TPSA) is 103 Å². The molecule has 188 valence electrons. The molecule has 1 aromatic carbocycles. The first-order valence-electron chi connectivity index (χ1n) is 12.1. The maximum Gasteiger partial charge on any atom is 0.237 e.